The van der Waals surface area contributed by atoms with Crippen molar-refractivity contribution in [1.29, 1.82) is 0 Å². The topological polar surface area (TPSA) is 41.5 Å². The molecule has 4 heteroatoms. The van der Waals surface area contributed by atoms with E-state index in [1.165, 1.54) is 0 Å². The zero-order chi connectivity index (χ0) is 14.9. The van der Waals surface area contributed by atoms with Gasteiger partial charge >= 0.3 is 0 Å². The first-order valence-electron chi connectivity index (χ1n) is 7.49. The normalized spacial score (nSPS) is 21.8. The molecule has 1 unspecified atom stereocenters. The molecule has 0 spiro atoms. The predicted molar refractivity (Wildman–Crippen MR) is 104 cm³/mol. The molecule has 0 aromatic rings. The van der Waals surface area contributed by atoms with Crippen molar-refractivity contribution in [3.05, 3.63) is 0 Å². The van der Waals surface area contributed by atoms with Crippen molar-refractivity contribution < 1.29 is 9.53 Å². The Hall–Kier alpha value is 0.0969. The zero-order valence-electron chi connectivity index (χ0n) is 13.8. The van der Waals surface area contributed by atoms with Crippen LogP contribution in [0.3, 0.4) is 0 Å². The number of hydrogen-bond donors (Lipinski definition) is 2. The molecular formula is C18H45NO2Si. The Morgan fingerprint density at radius 3 is 1.86 bits per heavy atom. The summed E-state index contributed by atoms with van der Waals surface area (Å²) in [6.45, 7) is 13.4. The van der Waals surface area contributed by atoms with Crippen LogP contribution in [0, 0.1) is 5.92 Å². The fourth-order valence-electron chi connectivity index (χ4n) is 3.51. The van der Waals surface area contributed by atoms with Crippen LogP contribution in [0.1, 0.15) is 69.2 Å². The van der Waals surface area contributed by atoms with Crippen LogP contribution in [-0.4, -0.2) is 37.7 Å². The molecule has 0 amide bonds. The van der Waals surface area contributed by atoms with Gasteiger partial charge in [0.25, 0.3) is 0 Å². The SMILES string of the molecule is C.C.C.CO[Si](C)(C)CCC(O)C1CC(C)(C)NC(C)(C)C1. The lowest BCUT2D eigenvalue weighted by molar-refractivity contribution is 0.0248. The van der Waals surface area contributed by atoms with Crippen LogP contribution in [0.25, 0.3) is 0 Å². The van der Waals surface area contributed by atoms with Gasteiger partial charge in [-0.1, -0.05) is 22.3 Å². The number of aliphatic hydroxyl groups excluding tert-OH is 1. The third-order valence-corrected chi connectivity index (χ3v) is 6.96. The number of aliphatic hydroxyl groups is 1. The summed E-state index contributed by atoms with van der Waals surface area (Å²) in [4.78, 5) is 0. The largest absolute Gasteiger partial charge is 0.420 e. The fraction of sp³-hybridized carbons (Fsp3) is 1.00. The Morgan fingerprint density at radius 1 is 1.09 bits per heavy atom. The maximum absolute atomic E-state index is 10.5. The molecule has 1 saturated heterocycles. The zero-order valence-corrected chi connectivity index (χ0v) is 14.8. The summed E-state index contributed by atoms with van der Waals surface area (Å²) < 4.78 is 5.57. The van der Waals surface area contributed by atoms with Crippen molar-refractivity contribution in [2.24, 2.45) is 5.92 Å². The van der Waals surface area contributed by atoms with Crippen molar-refractivity contribution in [3.8, 4) is 0 Å². The minimum atomic E-state index is -1.55. The van der Waals surface area contributed by atoms with Crippen LogP contribution in [0.5, 0.6) is 0 Å². The smallest absolute Gasteiger partial charge is 0.186 e. The molecular weight excluding hydrogens is 290 g/mol. The van der Waals surface area contributed by atoms with Crippen molar-refractivity contribution in [1.82, 2.24) is 5.32 Å². The molecule has 2 N–H and O–H groups in total. The highest BCUT2D eigenvalue weighted by Crippen LogP contribution is 2.36. The van der Waals surface area contributed by atoms with E-state index in [0.717, 1.165) is 25.3 Å². The highest BCUT2D eigenvalue weighted by molar-refractivity contribution is 6.71. The third-order valence-electron chi connectivity index (χ3n) is 4.36. The van der Waals surface area contributed by atoms with Gasteiger partial charge in [-0.2, -0.15) is 0 Å². The Balaban J connectivity index is -0.00000120. The number of nitrogens with one attached hydrogen (secondary N) is 1. The minimum Gasteiger partial charge on any atom is -0.420 e. The second-order valence-electron chi connectivity index (χ2n) is 8.13. The molecule has 1 aliphatic heterocycles. The number of hydrogen-bond acceptors (Lipinski definition) is 3. The second kappa shape index (κ2) is 9.41. The van der Waals surface area contributed by atoms with E-state index in [4.69, 9.17) is 4.43 Å². The van der Waals surface area contributed by atoms with Crippen LogP contribution >= 0.6 is 0 Å². The second-order valence-corrected chi connectivity index (χ2v) is 12.6. The van der Waals surface area contributed by atoms with Gasteiger partial charge in [0.15, 0.2) is 8.32 Å². The van der Waals surface area contributed by atoms with Gasteiger partial charge in [-0.05, 0) is 72.0 Å². The van der Waals surface area contributed by atoms with E-state index in [2.05, 4.69) is 46.1 Å². The van der Waals surface area contributed by atoms with Gasteiger partial charge in [-0.25, -0.2) is 0 Å². The maximum atomic E-state index is 10.5. The van der Waals surface area contributed by atoms with E-state index in [9.17, 15) is 5.11 Å². The summed E-state index contributed by atoms with van der Waals surface area (Å²) in [5, 5.41) is 14.2. The number of piperidine rings is 1. The molecule has 0 aromatic carbocycles. The van der Waals surface area contributed by atoms with Crippen molar-refractivity contribution >= 4 is 8.32 Å². The quantitative estimate of drug-likeness (QED) is 0.690. The average molecular weight is 336 g/mol. The van der Waals surface area contributed by atoms with Crippen molar-refractivity contribution in [2.45, 2.75) is 106 Å². The van der Waals surface area contributed by atoms with Crippen molar-refractivity contribution in [3.63, 3.8) is 0 Å². The Kier molecular flexibility index (Phi) is 11.5. The van der Waals surface area contributed by atoms with Crippen LogP contribution in [0.2, 0.25) is 19.1 Å². The Labute approximate surface area is 142 Å². The molecule has 0 saturated carbocycles. The monoisotopic (exact) mass is 335 g/mol. The maximum Gasteiger partial charge on any atom is 0.186 e. The molecule has 0 bridgehead atoms. The molecule has 1 rings (SSSR count). The molecule has 22 heavy (non-hydrogen) atoms. The van der Waals surface area contributed by atoms with E-state index in [1.54, 1.807) is 7.11 Å². The molecule has 138 valence electrons. The van der Waals surface area contributed by atoms with Gasteiger partial charge in [-0.15, -0.1) is 0 Å². The van der Waals surface area contributed by atoms with E-state index in [0.29, 0.717) is 5.92 Å². The van der Waals surface area contributed by atoms with Crippen LogP contribution in [0.15, 0.2) is 0 Å². The fourth-order valence-corrected chi connectivity index (χ4v) is 4.70. The van der Waals surface area contributed by atoms with Crippen LogP contribution in [-0.2, 0) is 4.43 Å². The summed E-state index contributed by atoms with van der Waals surface area (Å²) in [6.07, 6.45) is 2.78. The Morgan fingerprint density at radius 2 is 1.50 bits per heavy atom. The van der Waals surface area contributed by atoms with Gasteiger partial charge in [0.05, 0.1) is 6.10 Å². The third kappa shape index (κ3) is 8.66. The highest BCUT2D eigenvalue weighted by Gasteiger charge is 2.40. The van der Waals surface area contributed by atoms with E-state index in [1.807, 2.05) is 0 Å². The minimum absolute atomic E-state index is 0. The Bertz CT molecular complexity index is 287. The molecule has 1 aliphatic rings. The highest BCUT2D eigenvalue weighted by atomic mass is 28.4. The first-order chi connectivity index (χ1) is 8.46. The van der Waals surface area contributed by atoms with Crippen LogP contribution in [0.4, 0.5) is 0 Å². The summed E-state index contributed by atoms with van der Waals surface area (Å²) >= 11 is 0. The van der Waals surface area contributed by atoms with Gasteiger partial charge in [-0.3, -0.25) is 0 Å². The summed E-state index contributed by atoms with van der Waals surface area (Å²) in [5.41, 5.74) is 0.225. The molecule has 0 aliphatic carbocycles. The first kappa shape index (κ1) is 27.0. The molecule has 1 fully saturated rings. The molecule has 1 atom stereocenters. The standard InChI is InChI=1S/C15H33NO2Si.3CH4/c1-14(2)10-12(11-15(3,4)16-14)13(17)8-9-19(6,7)18-5;;;/h12-13,16-17H,8-11H2,1-7H3;3*1H4. The van der Waals surface area contributed by atoms with Gasteiger partial charge in [0.1, 0.15) is 0 Å². The molecule has 1 heterocycles. The lowest BCUT2D eigenvalue weighted by Crippen LogP contribution is -2.59. The van der Waals surface area contributed by atoms with Gasteiger partial charge < -0.3 is 14.8 Å². The van der Waals surface area contributed by atoms with Gasteiger partial charge in [0.2, 0.25) is 0 Å². The molecule has 0 radical (unpaired) electrons. The van der Waals surface area contributed by atoms with Crippen LogP contribution < -0.4 is 5.32 Å². The van der Waals surface area contributed by atoms with Gasteiger partial charge in [0, 0.05) is 18.2 Å². The summed E-state index contributed by atoms with van der Waals surface area (Å²) in [5.74, 6) is 0.396. The van der Waals surface area contributed by atoms with E-state index < -0.39 is 8.32 Å². The lowest BCUT2D eigenvalue weighted by atomic mass is 9.73. The van der Waals surface area contributed by atoms with E-state index in [-0.39, 0.29) is 39.5 Å². The average Bonchev–Trinajstić information content (AvgIpc) is 2.21. The summed E-state index contributed by atoms with van der Waals surface area (Å²) in [7, 11) is 0.250. The molecule has 3 nitrogen and oxygen atoms in total. The first-order valence-corrected chi connectivity index (χ1v) is 10.6. The van der Waals surface area contributed by atoms with Crippen molar-refractivity contribution in [2.75, 3.05) is 7.11 Å². The number of rotatable bonds is 5. The predicted octanol–water partition coefficient (Wildman–Crippen LogP) is 5.05. The van der Waals surface area contributed by atoms with E-state index >= 15 is 0 Å². The molecule has 0 aromatic heterocycles. The lowest BCUT2D eigenvalue weighted by Gasteiger charge is -2.48. The summed E-state index contributed by atoms with van der Waals surface area (Å²) in [6, 6.07) is 1.04.